The number of amides is 1. The van der Waals surface area contributed by atoms with Crippen LogP contribution in [0.2, 0.25) is 0 Å². The molecule has 20 heavy (non-hydrogen) atoms. The van der Waals surface area contributed by atoms with E-state index in [4.69, 9.17) is 0 Å². The summed E-state index contributed by atoms with van der Waals surface area (Å²) in [6.07, 6.45) is -0.206. The summed E-state index contributed by atoms with van der Waals surface area (Å²) in [5.74, 6) is 0.249. The second kappa shape index (κ2) is 4.89. The van der Waals surface area contributed by atoms with Crippen molar-refractivity contribution in [1.29, 1.82) is 0 Å². The van der Waals surface area contributed by atoms with E-state index in [0.717, 1.165) is 11.3 Å². The van der Waals surface area contributed by atoms with Crippen LogP contribution in [0, 0.1) is 0 Å². The number of rotatable bonds is 2. The number of aromatic hydroxyl groups is 1. The summed E-state index contributed by atoms with van der Waals surface area (Å²) >= 11 is 0. The Bertz CT molecular complexity index is 637. The maximum atomic E-state index is 12.5. The maximum absolute atomic E-state index is 12.5. The van der Waals surface area contributed by atoms with Crippen molar-refractivity contribution in [3.05, 3.63) is 59.7 Å². The molecule has 2 aromatic rings. The second-order valence-corrected chi connectivity index (χ2v) is 4.78. The minimum Gasteiger partial charge on any atom is -0.508 e. The first-order valence-electron chi connectivity index (χ1n) is 6.66. The number of phenolic OH excluding ortho intramolecular Hbond substituents is 1. The Kier molecular flexibility index (Phi) is 3.06. The molecule has 0 unspecified atom stereocenters. The topological polar surface area (TPSA) is 52.6 Å². The lowest BCUT2D eigenvalue weighted by Crippen LogP contribution is -2.42. The molecule has 1 atom stereocenters. The van der Waals surface area contributed by atoms with Crippen molar-refractivity contribution in [2.75, 3.05) is 11.9 Å². The zero-order valence-corrected chi connectivity index (χ0v) is 11.2. The van der Waals surface area contributed by atoms with Crippen molar-refractivity contribution in [1.82, 2.24) is 4.90 Å². The molecule has 1 heterocycles. The van der Waals surface area contributed by atoms with Crippen LogP contribution >= 0.6 is 0 Å². The molecule has 0 spiro atoms. The number of nitrogens with zero attached hydrogens (tertiary/aromatic N) is 1. The van der Waals surface area contributed by atoms with E-state index in [0.29, 0.717) is 12.1 Å². The lowest BCUT2D eigenvalue weighted by Gasteiger charge is -2.37. The lowest BCUT2D eigenvalue weighted by molar-refractivity contribution is 0.0695. The predicted molar refractivity (Wildman–Crippen MR) is 77.6 cm³/mol. The molecule has 1 amide bonds. The molecule has 4 nitrogen and oxygen atoms in total. The quantitative estimate of drug-likeness (QED) is 0.880. The van der Waals surface area contributed by atoms with Crippen LogP contribution in [0.5, 0.6) is 5.75 Å². The Hall–Kier alpha value is -2.49. The molecule has 0 bridgehead atoms. The number of hydrogen-bond donors (Lipinski definition) is 2. The Morgan fingerprint density at radius 1 is 1.15 bits per heavy atom. The van der Waals surface area contributed by atoms with Gasteiger partial charge in [0.25, 0.3) is 5.91 Å². The molecule has 0 saturated carbocycles. The van der Waals surface area contributed by atoms with Gasteiger partial charge in [-0.25, -0.2) is 0 Å². The highest BCUT2D eigenvalue weighted by Crippen LogP contribution is 2.33. The average molecular weight is 268 g/mol. The normalized spacial score (nSPS) is 17.6. The summed E-state index contributed by atoms with van der Waals surface area (Å²) in [5, 5.41) is 12.8. The summed E-state index contributed by atoms with van der Waals surface area (Å²) < 4.78 is 0. The van der Waals surface area contributed by atoms with E-state index in [1.807, 2.05) is 43.3 Å². The zero-order valence-electron chi connectivity index (χ0n) is 11.2. The minimum absolute atomic E-state index is 0.0277. The van der Waals surface area contributed by atoms with Gasteiger partial charge in [0.2, 0.25) is 0 Å². The molecule has 2 aromatic carbocycles. The fourth-order valence-corrected chi connectivity index (χ4v) is 2.54. The van der Waals surface area contributed by atoms with Gasteiger partial charge < -0.3 is 15.3 Å². The highest BCUT2D eigenvalue weighted by molar-refractivity contribution is 6.01. The molecule has 1 aliphatic rings. The van der Waals surface area contributed by atoms with Gasteiger partial charge in [0.1, 0.15) is 11.9 Å². The standard InChI is InChI=1S/C16H16N2O2/c1-2-18-15(11-7-9-12(19)10-8-11)17-14-6-4-3-5-13(14)16(18)20/h3-10,15,17,19H,2H2,1H3/t15-/m1/s1. The Morgan fingerprint density at radius 3 is 2.55 bits per heavy atom. The summed E-state index contributed by atoms with van der Waals surface area (Å²) in [7, 11) is 0. The first kappa shape index (κ1) is 12.5. The molecule has 3 rings (SSSR count). The second-order valence-electron chi connectivity index (χ2n) is 4.78. The van der Waals surface area contributed by atoms with Crippen LogP contribution in [-0.2, 0) is 0 Å². The molecule has 0 aliphatic carbocycles. The van der Waals surface area contributed by atoms with E-state index < -0.39 is 0 Å². The third-order valence-corrected chi connectivity index (χ3v) is 3.57. The van der Waals surface area contributed by atoms with Crippen LogP contribution in [0.25, 0.3) is 0 Å². The zero-order chi connectivity index (χ0) is 14.1. The monoisotopic (exact) mass is 268 g/mol. The minimum atomic E-state index is -0.206. The molecule has 0 fully saturated rings. The van der Waals surface area contributed by atoms with Gasteiger partial charge in [-0.2, -0.15) is 0 Å². The average Bonchev–Trinajstić information content (AvgIpc) is 2.48. The fraction of sp³-hybridized carbons (Fsp3) is 0.188. The number of nitrogens with one attached hydrogen (secondary N) is 1. The summed E-state index contributed by atoms with van der Waals surface area (Å²) in [4.78, 5) is 14.3. The number of anilines is 1. The molecule has 0 saturated heterocycles. The van der Waals surface area contributed by atoms with Gasteiger partial charge >= 0.3 is 0 Å². The highest BCUT2D eigenvalue weighted by Gasteiger charge is 2.31. The molecular weight excluding hydrogens is 252 g/mol. The van der Waals surface area contributed by atoms with Crippen molar-refractivity contribution >= 4 is 11.6 Å². The maximum Gasteiger partial charge on any atom is 0.257 e. The van der Waals surface area contributed by atoms with Gasteiger partial charge in [-0.05, 0) is 36.8 Å². The van der Waals surface area contributed by atoms with Gasteiger partial charge in [-0.3, -0.25) is 4.79 Å². The summed E-state index contributed by atoms with van der Waals surface area (Å²) in [6, 6.07) is 14.5. The third-order valence-electron chi connectivity index (χ3n) is 3.57. The number of benzene rings is 2. The molecule has 0 aromatic heterocycles. The van der Waals surface area contributed by atoms with E-state index in [1.54, 1.807) is 17.0 Å². The molecule has 4 heteroatoms. The Balaban J connectivity index is 2.03. The van der Waals surface area contributed by atoms with Crippen LogP contribution in [-0.4, -0.2) is 22.5 Å². The third kappa shape index (κ3) is 1.99. The van der Waals surface area contributed by atoms with Gasteiger partial charge in [0.15, 0.2) is 0 Å². The summed E-state index contributed by atoms with van der Waals surface area (Å²) in [5.41, 5.74) is 2.50. The van der Waals surface area contributed by atoms with Crippen molar-refractivity contribution in [2.45, 2.75) is 13.1 Å². The van der Waals surface area contributed by atoms with E-state index in [9.17, 15) is 9.90 Å². The van der Waals surface area contributed by atoms with E-state index in [-0.39, 0.29) is 17.8 Å². The lowest BCUT2D eigenvalue weighted by atomic mass is 10.0. The number of para-hydroxylation sites is 1. The molecule has 102 valence electrons. The number of carbonyl (C=O) groups is 1. The first-order valence-corrected chi connectivity index (χ1v) is 6.66. The Morgan fingerprint density at radius 2 is 1.85 bits per heavy atom. The molecule has 2 N–H and O–H groups in total. The van der Waals surface area contributed by atoms with Crippen LogP contribution in [0.4, 0.5) is 5.69 Å². The van der Waals surface area contributed by atoms with Crippen molar-refractivity contribution < 1.29 is 9.90 Å². The van der Waals surface area contributed by atoms with E-state index >= 15 is 0 Å². The number of carbonyl (C=O) groups excluding carboxylic acids is 1. The van der Waals surface area contributed by atoms with Gasteiger partial charge in [0, 0.05) is 12.2 Å². The molecule has 1 aliphatic heterocycles. The van der Waals surface area contributed by atoms with E-state index in [2.05, 4.69) is 5.32 Å². The largest absolute Gasteiger partial charge is 0.508 e. The molecule has 0 radical (unpaired) electrons. The SMILES string of the molecule is CCN1C(=O)c2ccccc2N[C@H]1c1ccc(O)cc1. The predicted octanol–water partition coefficient (Wildman–Crippen LogP) is 2.98. The fourth-order valence-electron chi connectivity index (χ4n) is 2.54. The van der Waals surface area contributed by atoms with Crippen LogP contribution in [0.1, 0.15) is 29.0 Å². The Labute approximate surface area is 117 Å². The van der Waals surface area contributed by atoms with Crippen molar-refractivity contribution in [3.63, 3.8) is 0 Å². The van der Waals surface area contributed by atoms with Crippen LogP contribution < -0.4 is 5.32 Å². The van der Waals surface area contributed by atoms with Crippen molar-refractivity contribution in [2.24, 2.45) is 0 Å². The van der Waals surface area contributed by atoms with Crippen LogP contribution in [0.15, 0.2) is 48.5 Å². The number of hydrogen-bond acceptors (Lipinski definition) is 3. The number of fused-ring (bicyclic) bond motifs is 1. The molecular formula is C16H16N2O2. The van der Waals surface area contributed by atoms with Gasteiger partial charge in [-0.15, -0.1) is 0 Å². The smallest absolute Gasteiger partial charge is 0.257 e. The van der Waals surface area contributed by atoms with E-state index in [1.165, 1.54) is 0 Å². The number of phenols is 1. The summed E-state index contributed by atoms with van der Waals surface area (Å²) in [6.45, 7) is 2.58. The van der Waals surface area contributed by atoms with Gasteiger partial charge in [-0.1, -0.05) is 24.3 Å². The van der Waals surface area contributed by atoms with Gasteiger partial charge in [0.05, 0.1) is 5.56 Å². The van der Waals surface area contributed by atoms with Crippen LogP contribution in [0.3, 0.4) is 0 Å². The van der Waals surface area contributed by atoms with Crippen molar-refractivity contribution in [3.8, 4) is 5.75 Å². The highest BCUT2D eigenvalue weighted by atomic mass is 16.3. The first-order chi connectivity index (χ1) is 9.70.